The number of hydrogen-bond donors (Lipinski definition) is 0. The number of aryl methyl sites for hydroxylation is 1. The van der Waals surface area contributed by atoms with Gasteiger partial charge in [-0.2, -0.15) is 4.98 Å². The predicted molar refractivity (Wildman–Crippen MR) is 62.0 cm³/mol. The molecule has 96 valence electrons. The Labute approximate surface area is 101 Å². The molecule has 17 heavy (non-hydrogen) atoms. The normalized spacial score (nSPS) is 27.2. The summed E-state index contributed by atoms with van der Waals surface area (Å²) >= 11 is 0. The molecule has 1 aliphatic rings. The van der Waals surface area contributed by atoms with Crippen LogP contribution >= 0.6 is 0 Å². The van der Waals surface area contributed by atoms with E-state index in [4.69, 9.17) is 4.52 Å². The van der Waals surface area contributed by atoms with Gasteiger partial charge in [0.2, 0.25) is 15.9 Å². The van der Waals surface area contributed by atoms with Crippen LogP contribution in [-0.2, 0) is 15.4 Å². The van der Waals surface area contributed by atoms with Crippen LogP contribution < -0.4 is 0 Å². The zero-order valence-electron chi connectivity index (χ0n) is 10.3. The molecule has 1 saturated heterocycles. The van der Waals surface area contributed by atoms with Gasteiger partial charge < -0.3 is 4.52 Å². The number of sulfonamides is 1. The van der Waals surface area contributed by atoms with E-state index in [0.717, 1.165) is 12.8 Å². The van der Waals surface area contributed by atoms with Crippen LogP contribution in [0.15, 0.2) is 4.52 Å². The Bertz CT molecular complexity index is 511. The Morgan fingerprint density at radius 2 is 2.18 bits per heavy atom. The second kappa shape index (κ2) is 4.06. The molecule has 1 fully saturated rings. The summed E-state index contributed by atoms with van der Waals surface area (Å²) in [6, 6.07) is 0. The van der Waals surface area contributed by atoms with Crippen LogP contribution in [0, 0.1) is 6.92 Å². The van der Waals surface area contributed by atoms with E-state index in [9.17, 15) is 8.42 Å². The van der Waals surface area contributed by atoms with Gasteiger partial charge in [0.05, 0.1) is 11.7 Å². The summed E-state index contributed by atoms with van der Waals surface area (Å²) in [6.45, 7) is 4.71. The van der Waals surface area contributed by atoms with E-state index >= 15 is 0 Å². The van der Waals surface area contributed by atoms with Crippen molar-refractivity contribution in [3.63, 3.8) is 0 Å². The van der Waals surface area contributed by atoms with Crippen molar-refractivity contribution in [2.24, 2.45) is 0 Å². The van der Waals surface area contributed by atoms with Crippen LogP contribution in [0.4, 0.5) is 0 Å². The minimum absolute atomic E-state index is 0.372. The number of rotatable bonds is 2. The predicted octanol–water partition coefficient (Wildman–Crippen LogP) is 0.691. The zero-order chi connectivity index (χ0) is 12.7. The fourth-order valence-electron chi connectivity index (χ4n) is 2.19. The molecule has 7 heteroatoms. The SMILES string of the molecule is Cc1noc(C2(C)CCCN(S(C)(=O)=O)C2)n1. The van der Waals surface area contributed by atoms with Crippen molar-refractivity contribution in [3.05, 3.63) is 11.7 Å². The fraction of sp³-hybridized carbons (Fsp3) is 0.800. The van der Waals surface area contributed by atoms with Gasteiger partial charge in [0.25, 0.3) is 0 Å². The van der Waals surface area contributed by atoms with Crippen molar-refractivity contribution in [1.82, 2.24) is 14.4 Å². The molecule has 0 spiro atoms. The maximum absolute atomic E-state index is 11.6. The first-order valence-corrected chi connectivity index (χ1v) is 7.42. The maximum Gasteiger partial charge on any atom is 0.233 e. The molecule has 0 radical (unpaired) electrons. The molecule has 6 nitrogen and oxygen atoms in total. The van der Waals surface area contributed by atoms with Crippen molar-refractivity contribution in [1.29, 1.82) is 0 Å². The topological polar surface area (TPSA) is 76.3 Å². The summed E-state index contributed by atoms with van der Waals surface area (Å²) in [4.78, 5) is 4.22. The lowest BCUT2D eigenvalue weighted by Crippen LogP contribution is -2.46. The average molecular weight is 259 g/mol. The highest BCUT2D eigenvalue weighted by Crippen LogP contribution is 2.33. The molecule has 0 bridgehead atoms. The van der Waals surface area contributed by atoms with Gasteiger partial charge in [-0.25, -0.2) is 12.7 Å². The molecule has 2 rings (SSSR count). The van der Waals surface area contributed by atoms with Gasteiger partial charge in [-0.1, -0.05) is 5.16 Å². The lowest BCUT2D eigenvalue weighted by molar-refractivity contribution is 0.191. The summed E-state index contributed by atoms with van der Waals surface area (Å²) in [6.07, 6.45) is 2.91. The Morgan fingerprint density at radius 3 is 2.71 bits per heavy atom. The van der Waals surface area contributed by atoms with Gasteiger partial charge in [0.15, 0.2) is 5.82 Å². The molecule has 0 aromatic carbocycles. The molecular weight excluding hydrogens is 242 g/mol. The number of nitrogens with zero attached hydrogens (tertiary/aromatic N) is 3. The van der Waals surface area contributed by atoms with Gasteiger partial charge in [0.1, 0.15) is 0 Å². The molecule has 1 atom stereocenters. The summed E-state index contributed by atoms with van der Waals surface area (Å²) in [5.74, 6) is 1.11. The summed E-state index contributed by atoms with van der Waals surface area (Å²) < 4.78 is 29.8. The zero-order valence-corrected chi connectivity index (χ0v) is 11.1. The average Bonchev–Trinajstić information content (AvgIpc) is 2.64. The second-order valence-corrected chi connectivity index (χ2v) is 6.89. The van der Waals surface area contributed by atoms with Crippen molar-refractivity contribution in [3.8, 4) is 0 Å². The van der Waals surface area contributed by atoms with Crippen LogP contribution in [-0.4, -0.2) is 42.2 Å². The lowest BCUT2D eigenvalue weighted by atomic mass is 9.83. The van der Waals surface area contributed by atoms with E-state index < -0.39 is 10.0 Å². The summed E-state index contributed by atoms with van der Waals surface area (Å²) in [5.41, 5.74) is -0.372. The first-order valence-electron chi connectivity index (χ1n) is 5.57. The number of piperidine rings is 1. The minimum atomic E-state index is -3.15. The van der Waals surface area contributed by atoms with E-state index in [2.05, 4.69) is 10.1 Å². The van der Waals surface area contributed by atoms with E-state index in [0.29, 0.717) is 24.8 Å². The Kier molecular flexibility index (Phi) is 2.99. The highest BCUT2D eigenvalue weighted by Gasteiger charge is 2.40. The second-order valence-electron chi connectivity index (χ2n) is 4.91. The van der Waals surface area contributed by atoms with Crippen molar-refractivity contribution in [2.75, 3.05) is 19.3 Å². The Hall–Kier alpha value is -0.950. The van der Waals surface area contributed by atoms with Gasteiger partial charge in [-0.15, -0.1) is 0 Å². The van der Waals surface area contributed by atoms with E-state index in [1.807, 2.05) is 6.92 Å². The van der Waals surface area contributed by atoms with E-state index in [-0.39, 0.29) is 5.41 Å². The Balaban J connectivity index is 2.27. The third kappa shape index (κ3) is 2.50. The molecule has 2 heterocycles. The van der Waals surface area contributed by atoms with Crippen LogP contribution in [0.1, 0.15) is 31.5 Å². The third-order valence-electron chi connectivity index (χ3n) is 3.17. The molecule has 1 aromatic rings. The maximum atomic E-state index is 11.6. The molecule has 1 unspecified atom stereocenters. The van der Waals surface area contributed by atoms with Gasteiger partial charge in [0, 0.05) is 13.1 Å². The fourth-order valence-corrected chi connectivity index (χ4v) is 3.17. The van der Waals surface area contributed by atoms with E-state index in [1.54, 1.807) is 6.92 Å². The van der Waals surface area contributed by atoms with Crippen LogP contribution in [0.3, 0.4) is 0 Å². The van der Waals surface area contributed by atoms with Crippen LogP contribution in [0.5, 0.6) is 0 Å². The third-order valence-corrected chi connectivity index (χ3v) is 4.42. The van der Waals surface area contributed by atoms with Gasteiger partial charge >= 0.3 is 0 Å². The molecule has 0 aliphatic carbocycles. The number of hydrogen-bond acceptors (Lipinski definition) is 5. The van der Waals surface area contributed by atoms with Gasteiger partial charge in [-0.05, 0) is 26.7 Å². The Morgan fingerprint density at radius 1 is 1.47 bits per heavy atom. The van der Waals surface area contributed by atoms with Crippen molar-refractivity contribution >= 4 is 10.0 Å². The number of aromatic nitrogens is 2. The minimum Gasteiger partial charge on any atom is -0.339 e. The van der Waals surface area contributed by atoms with Crippen LogP contribution in [0.2, 0.25) is 0 Å². The molecule has 1 aliphatic heterocycles. The molecular formula is C10H17N3O3S. The smallest absolute Gasteiger partial charge is 0.233 e. The first kappa shape index (κ1) is 12.5. The largest absolute Gasteiger partial charge is 0.339 e. The highest BCUT2D eigenvalue weighted by atomic mass is 32.2. The summed E-state index contributed by atoms with van der Waals surface area (Å²) in [5, 5.41) is 3.77. The monoisotopic (exact) mass is 259 g/mol. The lowest BCUT2D eigenvalue weighted by Gasteiger charge is -2.36. The highest BCUT2D eigenvalue weighted by molar-refractivity contribution is 7.88. The summed E-state index contributed by atoms with van der Waals surface area (Å²) in [7, 11) is -3.15. The van der Waals surface area contributed by atoms with Crippen molar-refractivity contribution < 1.29 is 12.9 Å². The molecule has 0 saturated carbocycles. The van der Waals surface area contributed by atoms with Crippen LogP contribution in [0.25, 0.3) is 0 Å². The standard InChI is InChI=1S/C10H17N3O3S/c1-8-11-9(16-12-8)10(2)5-4-6-13(7-10)17(3,14)15/h4-7H2,1-3H3. The van der Waals surface area contributed by atoms with Gasteiger partial charge in [-0.3, -0.25) is 0 Å². The van der Waals surface area contributed by atoms with E-state index in [1.165, 1.54) is 10.6 Å². The molecule has 0 N–H and O–H groups in total. The first-order chi connectivity index (χ1) is 7.81. The van der Waals surface area contributed by atoms with Crippen molar-refractivity contribution in [2.45, 2.75) is 32.1 Å². The molecule has 0 amide bonds. The molecule has 1 aromatic heterocycles. The quantitative estimate of drug-likeness (QED) is 0.781.